The van der Waals surface area contributed by atoms with Crippen LogP contribution < -0.4 is 10.6 Å². The van der Waals surface area contributed by atoms with E-state index in [4.69, 9.17) is 0 Å². The van der Waals surface area contributed by atoms with Gasteiger partial charge in [0.15, 0.2) is 9.84 Å². The van der Waals surface area contributed by atoms with Crippen LogP contribution in [-0.2, 0) is 25.2 Å². The number of benzene rings is 2. The molecule has 1 atom stereocenters. The predicted octanol–water partition coefficient (Wildman–Crippen LogP) is 2.94. The molecule has 30 heavy (non-hydrogen) atoms. The topological polar surface area (TPSA) is 92.3 Å². The summed E-state index contributed by atoms with van der Waals surface area (Å²) in [6.45, 7) is 5.51. The molecule has 162 valence electrons. The van der Waals surface area contributed by atoms with Crippen molar-refractivity contribution in [2.45, 2.75) is 39.0 Å². The fourth-order valence-corrected chi connectivity index (χ4v) is 4.39. The molecule has 0 aliphatic carbocycles. The quantitative estimate of drug-likeness (QED) is 0.673. The third-order valence-corrected chi connectivity index (χ3v) is 6.37. The number of amides is 2. The molecular weight excluding hydrogens is 400 g/mol. The number of rotatable bonds is 8. The highest BCUT2D eigenvalue weighted by Gasteiger charge is 2.32. The summed E-state index contributed by atoms with van der Waals surface area (Å²) in [7, 11) is -1.96. The molecule has 0 spiro atoms. The van der Waals surface area contributed by atoms with Crippen LogP contribution in [0.5, 0.6) is 0 Å². The van der Waals surface area contributed by atoms with Gasteiger partial charge in [0.05, 0.1) is 11.5 Å². The van der Waals surface area contributed by atoms with E-state index in [1.54, 1.807) is 12.1 Å². The second-order valence-corrected chi connectivity index (χ2v) is 10.6. The van der Waals surface area contributed by atoms with Crippen molar-refractivity contribution >= 4 is 21.7 Å². The smallest absolute Gasteiger partial charge is 0.242 e. The lowest BCUT2D eigenvalue weighted by Crippen LogP contribution is -2.53. The van der Waals surface area contributed by atoms with Gasteiger partial charge >= 0.3 is 0 Å². The lowest BCUT2D eigenvalue weighted by molar-refractivity contribution is -0.131. The summed E-state index contributed by atoms with van der Waals surface area (Å²) in [6, 6.07) is 16.5. The Balaban J connectivity index is 1.95. The summed E-state index contributed by atoms with van der Waals surface area (Å²) in [4.78, 5) is 24.3. The standard InChI is InChI=1S/C23H30N2O4S/c1-23(2,3)21(22(27)24-4)25-20(26)14-15-30(28,29)16-17-10-12-19(13-11-17)18-8-6-5-7-9-18/h5-13,21H,14-16H2,1-4H3,(H,24,27)(H,25,26)/t21-/m0/s1. The highest BCUT2D eigenvalue weighted by molar-refractivity contribution is 7.90. The Hall–Kier alpha value is -2.67. The van der Waals surface area contributed by atoms with Crippen LogP contribution in [0.2, 0.25) is 0 Å². The van der Waals surface area contributed by atoms with Crippen molar-refractivity contribution in [3.05, 3.63) is 60.2 Å². The van der Waals surface area contributed by atoms with Gasteiger partial charge in [0.1, 0.15) is 6.04 Å². The fraction of sp³-hybridized carbons (Fsp3) is 0.391. The van der Waals surface area contributed by atoms with E-state index in [9.17, 15) is 18.0 Å². The van der Waals surface area contributed by atoms with Crippen LogP contribution in [0.25, 0.3) is 11.1 Å². The summed E-state index contributed by atoms with van der Waals surface area (Å²) in [5.41, 5.74) is 2.26. The molecule has 0 aliphatic rings. The first kappa shape index (κ1) is 23.6. The second kappa shape index (κ2) is 9.89. The van der Waals surface area contributed by atoms with Gasteiger partial charge < -0.3 is 10.6 Å². The monoisotopic (exact) mass is 430 g/mol. The number of nitrogens with one attached hydrogen (secondary N) is 2. The maximum Gasteiger partial charge on any atom is 0.242 e. The van der Waals surface area contributed by atoms with E-state index in [-0.39, 0.29) is 23.8 Å². The van der Waals surface area contributed by atoms with Gasteiger partial charge in [-0.1, -0.05) is 75.4 Å². The Morgan fingerprint density at radius 3 is 2.03 bits per heavy atom. The molecule has 0 bridgehead atoms. The zero-order valence-corrected chi connectivity index (χ0v) is 18.8. The minimum atomic E-state index is -3.47. The highest BCUT2D eigenvalue weighted by Crippen LogP contribution is 2.21. The van der Waals surface area contributed by atoms with Crippen LogP contribution in [0.4, 0.5) is 0 Å². The van der Waals surface area contributed by atoms with Gasteiger partial charge in [-0.25, -0.2) is 8.42 Å². The molecule has 0 aromatic heterocycles. The molecule has 7 heteroatoms. The normalized spacial score (nSPS) is 12.8. The Kier molecular flexibility index (Phi) is 7.78. The van der Waals surface area contributed by atoms with Gasteiger partial charge in [0, 0.05) is 13.5 Å². The predicted molar refractivity (Wildman–Crippen MR) is 119 cm³/mol. The SMILES string of the molecule is CNC(=O)[C@H](NC(=O)CCS(=O)(=O)Cc1ccc(-c2ccccc2)cc1)C(C)(C)C. The Morgan fingerprint density at radius 1 is 0.933 bits per heavy atom. The molecule has 0 saturated heterocycles. The van der Waals surface area contributed by atoms with Gasteiger partial charge in [-0.2, -0.15) is 0 Å². The highest BCUT2D eigenvalue weighted by atomic mass is 32.2. The number of hydrogen-bond donors (Lipinski definition) is 2. The minimum Gasteiger partial charge on any atom is -0.357 e. The lowest BCUT2D eigenvalue weighted by atomic mass is 9.86. The third-order valence-electron chi connectivity index (χ3n) is 4.77. The maximum absolute atomic E-state index is 12.5. The van der Waals surface area contributed by atoms with Crippen LogP contribution in [-0.4, -0.2) is 39.1 Å². The number of likely N-dealkylation sites (N-methyl/N-ethyl adjacent to an activating group) is 1. The fourth-order valence-electron chi connectivity index (χ4n) is 3.05. The van der Waals surface area contributed by atoms with Crippen LogP contribution in [0.15, 0.2) is 54.6 Å². The molecule has 2 amide bonds. The summed E-state index contributed by atoms with van der Waals surface area (Å²) in [5.74, 6) is -1.17. The molecular formula is C23H30N2O4S. The largest absolute Gasteiger partial charge is 0.357 e. The molecule has 0 saturated carbocycles. The van der Waals surface area contributed by atoms with Crippen molar-refractivity contribution in [3.63, 3.8) is 0 Å². The van der Waals surface area contributed by atoms with Crippen LogP contribution in [0, 0.1) is 5.41 Å². The van der Waals surface area contributed by atoms with Gasteiger partial charge in [-0.3, -0.25) is 9.59 Å². The first-order chi connectivity index (χ1) is 14.0. The molecule has 0 fully saturated rings. The van der Waals surface area contributed by atoms with E-state index in [0.717, 1.165) is 11.1 Å². The molecule has 2 aromatic rings. The maximum atomic E-state index is 12.5. The summed E-state index contributed by atoms with van der Waals surface area (Å²) in [6.07, 6.45) is -0.187. The minimum absolute atomic E-state index is 0.131. The molecule has 2 rings (SSSR count). The Bertz CT molecular complexity index is 963. The zero-order valence-electron chi connectivity index (χ0n) is 17.9. The van der Waals surface area contributed by atoms with Gasteiger partial charge in [0.2, 0.25) is 11.8 Å². The van der Waals surface area contributed by atoms with E-state index < -0.39 is 27.2 Å². The van der Waals surface area contributed by atoms with Crippen LogP contribution in [0.3, 0.4) is 0 Å². The van der Waals surface area contributed by atoms with Crippen molar-refractivity contribution in [1.82, 2.24) is 10.6 Å². The van der Waals surface area contributed by atoms with E-state index in [0.29, 0.717) is 5.56 Å². The molecule has 0 aliphatic heterocycles. The average Bonchev–Trinajstić information content (AvgIpc) is 2.70. The summed E-state index contributed by atoms with van der Waals surface area (Å²) < 4.78 is 24.9. The van der Waals surface area contributed by atoms with Gasteiger partial charge in [-0.05, 0) is 22.1 Å². The number of carbonyl (C=O) groups is 2. The molecule has 0 heterocycles. The van der Waals surface area contributed by atoms with Crippen molar-refractivity contribution < 1.29 is 18.0 Å². The van der Waals surface area contributed by atoms with E-state index in [1.807, 2.05) is 63.2 Å². The first-order valence-electron chi connectivity index (χ1n) is 9.87. The molecule has 2 aromatic carbocycles. The van der Waals surface area contributed by atoms with Crippen molar-refractivity contribution in [2.24, 2.45) is 5.41 Å². The van der Waals surface area contributed by atoms with Crippen LogP contribution >= 0.6 is 0 Å². The molecule has 2 N–H and O–H groups in total. The Labute approximate surface area is 179 Å². The molecule has 6 nitrogen and oxygen atoms in total. The first-order valence-corrected chi connectivity index (χ1v) is 11.7. The van der Waals surface area contributed by atoms with Crippen LogP contribution in [0.1, 0.15) is 32.8 Å². The average molecular weight is 431 g/mol. The zero-order chi connectivity index (χ0) is 22.4. The summed E-state index contributed by atoms with van der Waals surface area (Å²) in [5, 5.41) is 5.18. The Morgan fingerprint density at radius 2 is 1.50 bits per heavy atom. The van der Waals surface area contributed by atoms with Crippen molar-refractivity contribution in [3.8, 4) is 11.1 Å². The number of carbonyl (C=O) groups excluding carboxylic acids is 2. The lowest BCUT2D eigenvalue weighted by Gasteiger charge is -2.29. The second-order valence-electron chi connectivity index (χ2n) is 8.39. The van der Waals surface area contributed by atoms with Gasteiger partial charge in [0.25, 0.3) is 0 Å². The van der Waals surface area contributed by atoms with E-state index in [1.165, 1.54) is 7.05 Å². The summed E-state index contributed by atoms with van der Waals surface area (Å²) >= 11 is 0. The molecule has 0 radical (unpaired) electrons. The van der Waals surface area contributed by atoms with Crippen molar-refractivity contribution in [2.75, 3.05) is 12.8 Å². The molecule has 0 unspecified atom stereocenters. The number of sulfone groups is 1. The third kappa shape index (κ3) is 6.99. The number of hydrogen-bond acceptors (Lipinski definition) is 4. The van der Waals surface area contributed by atoms with Crippen molar-refractivity contribution in [1.29, 1.82) is 0 Å². The van der Waals surface area contributed by atoms with Gasteiger partial charge in [-0.15, -0.1) is 0 Å². The van der Waals surface area contributed by atoms with E-state index in [2.05, 4.69) is 10.6 Å². The van der Waals surface area contributed by atoms with E-state index >= 15 is 0 Å².